The number of rotatable bonds is 5. The van der Waals surface area contributed by atoms with Gasteiger partial charge in [-0.2, -0.15) is 5.10 Å². The predicted octanol–water partition coefficient (Wildman–Crippen LogP) is 1.81. The Labute approximate surface area is 104 Å². The fourth-order valence-electron chi connectivity index (χ4n) is 1.23. The molecular formula is C13H12N2O3. The van der Waals surface area contributed by atoms with Crippen LogP contribution in [0.1, 0.15) is 5.76 Å². The fourth-order valence-corrected chi connectivity index (χ4v) is 1.23. The van der Waals surface area contributed by atoms with Crippen LogP contribution in [0.5, 0.6) is 5.75 Å². The van der Waals surface area contributed by atoms with Gasteiger partial charge in [0.1, 0.15) is 11.5 Å². The van der Waals surface area contributed by atoms with Crippen LogP contribution in [-0.4, -0.2) is 18.7 Å². The van der Waals surface area contributed by atoms with Crippen molar-refractivity contribution in [2.75, 3.05) is 6.61 Å². The van der Waals surface area contributed by atoms with Crippen LogP contribution in [-0.2, 0) is 4.79 Å². The summed E-state index contributed by atoms with van der Waals surface area (Å²) in [7, 11) is 0. The Kier molecular flexibility index (Phi) is 4.13. The summed E-state index contributed by atoms with van der Waals surface area (Å²) < 4.78 is 10.3. The van der Waals surface area contributed by atoms with E-state index < -0.39 is 0 Å². The summed E-state index contributed by atoms with van der Waals surface area (Å²) in [6.45, 7) is -0.0838. The van der Waals surface area contributed by atoms with Crippen molar-refractivity contribution in [1.29, 1.82) is 0 Å². The summed E-state index contributed by atoms with van der Waals surface area (Å²) in [6, 6.07) is 12.6. The Morgan fingerprint density at radius 2 is 2.11 bits per heavy atom. The smallest absolute Gasteiger partial charge is 0.277 e. The second-order valence-electron chi connectivity index (χ2n) is 3.41. The minimum Gasteiger partial charge on any atom is -0.484 e. The topological polar surface area (TPSA) is 63.8 Å². The number of hydrazone groups is 1. The number of furan rings is 1. The number of carbonyl (C=O) groups is 1. The van der Waals surface area contributed by atoms with Gasteiger partial charge in [-0.3, -0.25) is 4.79 Å². The quantitative estimate of drug-likeness (QED) is 0.644. The molecule has 0 spiro atoms. The van der Waals surface area contributed by atoms with Crippen molar-refractivity contribution >= 4 is 12.1 Å². The molecule has 5 nitrogen and oxygen atoms in total. The van der Waals surface area contributed by atoms with Gasteiger partial charge in [-0.25, -0.2) is 5.43 Å². The van der Waals surface area contributed by atoms with Gasteiger partial charge in [-0.05, 0) is 24.3 Å². The number of nitrogens with zero attached hydrogens (tertiary/aromatic N) is 1. The minimum absolute atomic E-state index is 0.0838. The summed E-state index contributed by atoms with van der Waals surface area (Å²) >= 11 is 0. The predicted molar refractivity (Wildman–Crippen MR) is 66.4 cm³/mol. The molecule has 2 rings (SSSR count). The van der Waals surface area contributed by atoms with Crippen molar-refractivity contribution in [3.63, 3.8) is 0 Å². The molecule has 1 heterocycles. The van der Waals surface area contributed by atoms with E-state index in [0.717, 1.165) is 0 Å². The van der Waals surface area contributed by atoms with E-state index >= 15 is 0 Å². The molecule has 0 atom stereocenters. The summed E-state index contributed by atoms with van der Waals surface area (Å²) in [4.78, 5) is 11.4. The molecule has 0 aliphatic carbocycles. The van der Waals surface area contributed by atoms with E-state index in [1.54, 1.807) is 24.3 Å². The van der Waals surface area contributed by atoms with Gasteiger partial charge in [0, 0.05) is 0 Å². The normalized spacial score (nSPS) is 10.4. The first kappa shape index (κ1) is 11.9. The Morgan fingerprint density at radius 3 is 2.83 bits per heavy atom. The van der Waals surface area contributed by atoms with Crippen LogP contribution in [0.3, 0.4) is 0 Å². The average Bonchev–Trinajstić information content (AvgIpc) is 2.91. The maximum Gasteiger partial charge on any atom is 0.277 e. The van der Waals surface area contributed by atoms with Gasteiger partial charge in [0.15, 0.2) is 6.61 Å². The lowest BCUT2D eigenvalue weighted by molar-refractivity contribution is -0.123. The van der Waals surface area contributed by atoms with Gasteiger partial charge in [0.25, 0.3) is 5.91 Å². The van der Waals surface area contributed by atoms with E-state index in [2.05, 4.69) is 10.5 Å². The third-order valence-corrected chi connectivity index (χ3v) is 2.04. The molecule has 0 saturated heterocycles. The summed E-state index contributed by atoms with van der Waals surface area (Å²) in [5.74, 6) is 0.878. The third-order valence-electron chi connectivity index (χ3n) is 2.04. The van der Waals surface area contributed by atoms with E-state index in [0.29, 0.717) is 11.5 Å². The van der Waals surface area contributed by atoms with Gasteiger partial charge in [-0.15, -0.1) is 0 Å². The Morgan fingerprint density at radius 1 is 1.28 bits per heavy atom. The molecule has 1 amide bonds. The summed E-state index contributed by atoms with van der Waals surface area (Å²) in [5.41, 5.74) is 2.34. The maximum atomic E-state index is 11.4. The van der Waals surface area contributed by atoms with Gasteiger partial charge in [0.05, 0.1) is 12.5 Å². The molecular weight excluding hydrogens is 232 g/mol. The zero-order valence-corrected chi connectivity index (χ0v) is 9.58. The first-order valence-electron chi connectivity index (χ1n) is 5.38. The molecule has 0 aliphatic heterocycles. The first-order valence-corrected chi connectivity index (χ1v) is 5.38. The Bertz CT molecular complexity index is 506. The molecule has 0 aliphatic rings. The van der Waals surface area contributed by atoms with Crippen molar-refractivity contribution in [2.45, 2.75) is 0 Å². The standard InChI is InChI=1S/C13H12N2O3/c16-13(10-18-11-5-2-1-3-6-11)15-14-9-12-7-4-8-17-12/h1-9H,10H2,(H,15,16). The number of hydrogen-bond donors (Lipinski definition) is 1. The van der Waals surface area contributed by atoms with E-state index in [1.165, 1.54) is 12.5 Å². The molecule has 0 fully saturated rings. The molecule has 5 heteroatoms. The number of carbonyl (C=O) groups excluding carboxylic acids is 1. The van der Waals surface area contributed by atoms with Gasteiger partial charge in [0.2, 0.25) is 0 Å². The zero-order valence-electron chi connectivity index (χ0n) is 9.58. The number of ether oxygens (including phenoxy) is 1. The van der Waals surface area contributed by atoms with Gasteiger partial charge in [-0.1, -0.05) is 18.2 Å². The molecule has 1 aromatic carbocycles. The van der Waals surface area contributed by atoms with Crippen LogP contribution in [0, 0.1) is 0 Å². The molecule has 0 bridgehead atoms. The molecule has 1 N–H and O–H groups in total. The van der Waals surface area contributed by atoms with Gasteiger partial charge >= 0.3 is 0 Å². The molecule has 0 unspecified atom stereocenters. The summed E-state index contributed by atoms with van der Waals surface area (Å²) in [5, 5.41) is 3.73. The van der Waals surface area contributed by atoms with E-state index in [1.807, 2.05) is 18.2 Å². The van der Waals surface area contributed by atoms with Crippen LogP contribution in [0.25, 0.3) is 0 Å². The van der Waals surface area contributed by atoms with Crippen LogP contribution >= 0.6 is 0 Å². The molecule has 1 aromatic heterocycles. The number of benzene rings is 1. The lowest BCUT2D eigenvalue weighted by Gasteiger charge is -2.03. The lowest BCUT2D eigenvalue weighted by Crippen LogP contribution is -2.24. The highest BCUT2D eigenvalue weighted by atomic mass is 16.5. The number of amides is 1. The van der Waals surface area contributed by atoms with Crippen molar-refractivity contribution < 1.29 is 13.9 Å². The molecule has 2 aromatic rings. The van der Waals surface area contributed by atoms with Crippen LogP contribution < -0.4 is 10.2 Å². The van der Waals surface area contributed by atoms with Crippen molar-refractivity contribution in [2.24, 2.45) is 5.10 Å². The van der Waals surface area contributed by atoms with Crippen LogP contribution in [0.2, 0.25) is 0 Å². The average molecular weight is 244 g/mol. The number of para-hydroxylation sites is 1. The van der Waals surface area contributed by atoms with Gasteiger partial charge < -0.3 is 9.15 Å². The van der Waals surface area contributed by atoms with E-state index in [-0.39, 0.29) is 12.5 Å². The second-order valence-corrected chi connectivity index (χ2v) is 3.41. The highest BCUT2D eigenvalue weighted by Crippen LogP contribution is 2.07. The summed E-state index contributed by atoms with van der Waals surface area (Å²) in [6.07, 6.45) is 2.95. The zero-order chi connectivity index (χ0) is 12.6. The Balaban J connectivity index is 1.73. The maximum absolute atomic E-state index is 11.4. The monoisotopic (exact) mass is 244 g/mol. The van der Waals surface area contributed by atoms with Crippen molar-refractivity contribution in [3.05, 3.63) is 54.5 Å². The molecule has 0 radical (unpaired) electrons. The highest BCUT2D eigenvalue weighted by molar-refractivity contribution is 5.81. The lowest BCUT2D eigenvalue weighted by atomic mass is 10.3. The second kappa shape index (κ2) is 6.24. The molecule has 18 heavy (non-hydrogen) atoms. The number of nitrogens with one attached hydrogen (secondary N) is 1. The minimum atomic E-state index is -0.332. The van der Waals surface area contributed by atoms with Crippen LogP contribution in [0.4, 0.5) is 0 Å². The highest BCUT2D eigenvalue weighted by Gasteiger charge is 2.00. The first-order chi connectivity index (χ1) is 8.84. The van der Waals surface area contributed by atoms with E-state index in [9.17, 15) is 4.79 Å². The molecule has 0 saturated carbocycles. The molecule has 92 valence electrons. The SMILES string of the molecule is O=C(COc1ccccc1)NN=Cc1ccco1. The van der Waals surface area contributed by atoms with Crippen LogP contribution in [0.15, 0.2) is 58.2 Å². The van der Waals surface area contributed by atoms with Crippen molar-refractivity contribution in [1.82, 2.24) is 5.43 Å². The Hall–Kier alpha value is -2.56. The number of hydrogen-bond acceptors (Lipinski definition) is 4. The van der Waals surface area contributed by atoms with E-state index in [4.69, 9.17) is 9.15 Å². The third kappa shape index (κ3) is 3.79. The fraction of sp³-hybridized carbons (Fsp3) is 0.0769. The largest absolute Gasteiger partial charge is 0.484 e. The van der Waals surface area contributed by atoms with Crippen molar-refractivity contribution in [3.8, 4) is 5.75 Å².